The van der Waals surface area contributed by atoms with Crippen LogP contribution in [0.4, 0.5) is 0 Å². The highest BCUT2D eigenvalue weighted by Crippen LogP contribution is 2.50. The number of fused-ring (bicyclic) bond motifs is 12. The van der Waals surface area contributed by atoms with E-state index in [1.807, 2.05) is 0 Å². The maximum atomic E-state index is 2.44. The van der Waals surface area contributed by atoms with Gasteiger partial charge in [0.2, 0.25) is 0 Å². The molecule has 0 unspecified atom stereocenters. The minimum Gasteiger partial charge on any atom is -0.0616 e. The van der Waals surface area contributed by atoms with Crippen LogP contribution in [0.15, 0.2) is 182 Å². The van der Waals surface area contributed by atoms with Gasteiger partial charge in [-0.1, -0.05) is 170 Å². The van der Waals surface area contributed by atoms with Gasteiger partial charge in [-0.3, -0.25) is 0 Å². The summed E-state index contributed by atoms with van der Waals surface area (Å²) in [6.07, 6.45) is 0. The summed E-state index contributed by atoms with van der Waals surface area (Å²) in [6, 6.07) is 67.8. The lowest BCUT2D eigenvalue weighted by atomic mass is 9.80. The molecular weight excluding hydrogens is 601 g/mol. The Hall–Kier alpha value is -6.50. The molecule has 0 saturated carbocycles. The van der Waals surface area contributed by atoms with Crippen LogP contribution in [0.2, 0.25) is 0 Å². The largest absolute Gasteiger partial charge is 0.0616 e. The Balaban J connectivity index is 1.41. The highest BCUT2D eigenvalue weighted by Gasteiger charge is 2.22. The Bertz CT molecular complexity index is 3200. The zero-order chi connectivity index (χ0) is 32.8. The summed E-state index contributed by atoms with van der Waals surface area (Å²) in [7, 11) is 0. The van der Waals surface area contributed by atoms with Crippen molar-refractivity contribution in [2.24, 2.45) is 0 Å². The van der Waals surface area contributed by atoms with Crippen LogP contribution < -0.4 is 0 Å². The maximum absolute atomic E-state index is 2.44. The standard InChI is InChI=1S/C50H30/c1-5-15-37-31(11-1)21-22-34-23-24-36(30-45(34)37)47-43-27-25-33-13-3-8-18-40(33)49(43)50(44-28-26-32-12-2-7-17-39(32)48(44)47)46-29-35-14-4-6-16-38(35)41-19-9-10-20-42(41)46/h1-30H. The molecule has 0 saturated heterocycles. The van der Waals surface area contributed by atoms with E-state index >= 15 is 0 Å². The summed E-state index contributed by atoms with van der Waals surface area (Å²) in [5, 5.41) is 20.4. The number of benzene rings is 11. The first-order valence-electron chi connectivity index (χ1n) is 17.4. The summed E-state index contributed by atoms with van der Waals surface area (Å²) in [6.45, 7) is 0. The van der Waals surface area contributed by atoms with Crippen molar-refractivity contribution in [1.29, 1.82) is 0 Å². The predicted molar refractivity (Wildman–Crippen MR) is 217 cm³/mol. The minimum atomic E-state index is 1.24. The van der Waals surface area contributed by atoms with E-state index in [1.54, 1.807) is 0 Å². The molecule has 0 nitrogen and oxygen atoms in total. The van der Waals surface area contributed by atoms with Crippen molar-refractivity contribution < 1.29 is 0 Å². The number of hydrogen-bond donors (Lipinski definition) is 0. The van der Waals surface area contributed by atoms with Crippen LogP contribution in [0.3, 0.4) is 0 Å². The highest BCUT2D eigenvalue weighted by atomic mass is 14.2. The second-order valence-corrected chi connectivity index (χ2v) is 13.6. The van der Waals surface area contributed by atoms with E-state index in [-0.39, 0.29) is 0 Å². The Morgan fingerprint density at radius 2 is 0.640 bits per heavy atom. The van der Waals surface area contributed by atoms with E-state index in [9.17, 15) is 0 Å². The molecule has 0 amide bonds. The van der Waals surface area contributed by atoms with Gasteiger partial charge in [0.25, 0.3) is 0 Å². The second-order valence-electron chi connectivity index (χ2n) is 13.6. The second kappa shape index (κ2) is 10.5. The molecule has 11 aromatic rings. The van der Waals surface area contributed by atoms with Gasteiger partial charge in [0, 0.05) is 0 Å². The summed E-state index contributed by atoms with van der Waals surface area (Å²) in [4.78, 5) is 0. The van der Waals surface area contributed by atoms with Crippen LogP contribution >= 0.6 is 0 Å². The van der Waals surface area contributed by atoms with E-state index in [2.05, 4.69) is 182 Å². The molecule has 0 N–H and O–H groups in total. The smallest absolute Gasteiger partial charge is 0.00134 e. The van der Waals surface area contributed by atoms with Crippen molar-refractivity contribution >= 4 is 86.2 Å². The Morgan fingerprint density at radius 3 is 1.30 bits per heavy atom. The molecule has 0 spiro atoms. The van der Waals surface area contributed by atoms with Crippen LogP contribution in [-0.4, -0.2) is 0 Å². The van der Waals surface area contributed by atoms with E-state index in [1.165, 1.54) is 108 Å². The molecule has 0 atom stereocenters. The van der Waals surface area contributed by atoms with E-state index < -0.39 is 0 Å². The first-order valence-corrected chi connectivity index (χ1v) is 17.4. The summed E-state index contributed by atoms with van der Waals surface area (Å²) >= 11 is 0. The Morgan fingerprint density at radius 1 is 0.220 bits per heavy atom. The van der Waals surface area contributed by atoms with Gasteiger partial charge in [0.1, 0.15) is 0 Å². The molecular formula is C50H30. The maximum Gasteiger partial charge on any atom is -0.00134 e. The average molecular weight is 631 g/mol. The topological polar surface area (TPSA) is 0 Å². The fourth-order valence-electron chi connectivity index (χ4n) is 8.77. The molecule has 50 heavy (non-hydrogen) atoms. The fourth-order valence-corrected chi connectivity index (χ4v) is 8.77. The molecule has 0 aliphatic rings. The first-order chi connectivity index (χ1) is 24.8. The SMILES string of the molecule is c1ccc2c(c1)ccc1ccc(-c3c4ccc5ccccc5c4c(-c4cc5ccccc5c5ccccc45)c4ccc5ccccc5c34)cc12. The van der Waals surface area contributed by atoms with Crippen LogP contribution in [0.25, 0.3) is 108 Å². The third-order valence-electron chi connectivity index (χ3n) is 11.0. The zero-order valence-electron chi connectivity index (χ0n) is 27.3. The van der Waals surface area contributed by atoms with E-state index in [0.29, 0.717) is 0 Å². The van der Waals surface area contributed by atoms with Crippen molar-refractivity contribution in [1.82, 2.24) is 0 Å². The van der Waals surface area contributed by atoms with Gasteiger partial charge in [-0.15, -0.1) is 0 Å². The number of hydrogen-bond acceptors (Lipinski definition) is 0. The predicted octanol–water partition coefficient (Wildman–Crippen LogP) is 14.2. The van der Waals surface area contributed by atoms with Gasteiger partial charge in [0.05, 0.1) is 0 Å². The third kappa shape index (κ3) is 3.88. The van der Waals surface area contributed by atoms with Crippen molar-refractivity contribution in [2.45, 2.75) is 0 Å². The summed E-state index contributed by atoms with van der Waals surface area (Å²) < 4.78 is 0. The van der Waals surface area contributed by atoms with Gasteiger partial charge in [-0.05, 0) is 121 Å². The highest BCUT2D eigenvalue weighted by molar-refractivity contribution is 6.34. The molecule has 11 aromatic carbocycles. The van der Waals surface area contributed by atoms with Gasteiger partial charge in [-0.2, -0.15) is 0 Å². The molecule has 230 valence electrons. The lowest BCUT2D eigenvalue weighted by Crippen LogP contribution is -1.94. The zero-order valence-corrected chi connectivity index (χ0v) is 27.3. The lowest BCUT2D eigenvalue weighted by molar-refractivity contribution is 1.71. The van der Waals surface area contributed by atoms with Crippen molar-refractivity contribution in [3.63, 3.8) is 0 Å². The molecule has 0 bridgehead atoms. The summed E-state index contributed by atoms with van der Waals surface area (Å²) in [5.74, 6) is 0. The van der Waals surface area contributed by atoms with Crippen molar-refractivity contribution in [3.8, 4) is 22.3 Å². The van der Waals surface area contributed by atoms with Crippen molar-refractivity contribution in [3.05, 3.63) is 182 Å². The molecule has 0 aromatic heterocycles. The van der Waals surface area contributed by atoms with Gasteiger partial charge in [-0.25, -0.2) is 0 Å². The van der Waals surface area contributed by atoms with Crippen LogP contribution in [0, 0.1) is 0 Å². The van der Waals surface area contributed by atoms with Gasteiger partial charge < -0.3 is 0 Å². The van der Waals surface area contributed by atoms with Crippen LogP contribution in [-0.2, 0) is 0 Å². The third-order valence-corrected chi connectivity index (χ3v) is 11.0. The molecule has 0 aliphatic carbocycles. The Labute approximate surface area is 289 Å². The normalized spacial score (nSPS) is 12.0. The molecule has 11 rings (SSSR count). The number of rotatable bonds is 2. The lowest BCUT2D eigenvalue weighted by Gasteiger charge is -2.22. The molecule has 0 heterocycles. The fraction of sp³-hybridized carbons (Fsp3) is 0. The van der Waals surface area contributed by atoms with E-state index in [0.717, 1.165) is 0 Å². The monoisotopic (exact) mass is 630 g/mol. The van der Waals surface area contributed by atoms with E-state index in [4.69, 9.17) is 0 Å². The van der Waals surface area contributed by atoms with Crippen LogP contribution in [0.1, 0.15) is 0 Å². The first kappa shape index (κ1) is 27.5. The average Bonchev–Trinajstić information content (AvgIpc) is 3.19. The molecule has 0 heteroatoms. The van der Waals surface area contributed by atoms with Gasteiger partial charge >= 0.3 is 0 Å². The molecule has 0 fully saturated rings. The Kier molecular flexibility index (Phi) is 5.76. The quantitative estimate of drug-likeness (QED) is 0.132. The summed E-state index contributed by atoms with van der Waals surface area (Å²) in [5.41, 5.74) is 5.11. The minimum absolute atomic E-state index is 1.24. The van der Waals surface area contributed by atoms with Crippen LogP contribution in [0.5, 0.6) is 0 Å². The molecule has 0 aliphatic heterocycles. The van der Waals surface area contributed by atoms with Crippen molar-refractivity contribution in [2.75, 3.05) is 0 Å². The molecule has 0 radical (unpaired) electrons. The van der Waals surface area contributed by atoms with Gasteiger partial charge in [0.15, 0.2) is 0 Å².